The van der Waals surface area contributed by atoms with E-state index in [0.29, 0.717) is 45.5 Å². The second-order valence-electron chi connectivity index (χ2n) is 10.8. The number of benzene rings is 3. The largest absolute Gasteiger partial charge is 0.496 e. The highest BCUT2D eigenvalue weighted by molar-refractivity contribution is 5.91. The molecule has 1 aliphatic heterocycles. The van der Waals surface area contributed by atoms with Crippen molar-refractivity contribution in [1.82, 2.24) is 5.32 Å². The predicted octanol–water partition coefficient (Wildman–Crippen LogP) is 5.73. The minimum atomic E-state index is 0.0237. The molecular formula is C35H46N2O6. The van der Waals surface area contributed by atoms with Crippen LogP contribution in [0.3, 0.4) is 0 Å². The fraction of sp³-hybridized carbons (Fsp3) is 0.457. The van der Waals surface area contributed by atoms with Crippen LogP contribution in [0.2, 0.25) is 0 Å². The van der Waals surface area contributed by atoms with Crippen molar-refractivity contribution in [2.45, 2.75) is 51.4 Å². The van der Waals surface area contributed by atoms with Crippen LogP contribution in [0.5, 0.6) is 11.5 Å². The lowest BCUT2D eigenvalue weighted by atomic mass is 9.87. The Morgan fingerprint density at radius 2 is 1.77 bits per heavy atom. The van der Waals surface area contributed by atoms with Crippen molar-refractivity contribution in [3.8, 4) is 11.5 Å². The van der Waals surface area contributed by atoms with Gasteiger partial charge < -0.3 is 33.9 Å². The summed E-state index contributed by atoms with van der Waals surface area (Å²) in [6.45, 7) is 6.83. The average Bonchev–Trinajstić information content (AvgIpc) is 3.04. The quantitative estimate of drug-likeness (QED) is 0.201. The highest BCUT2D eigenvalue weighted by atomic mass is 16.5. The monoisotopic (exact) mass is 590 g/mol. The molecule has 1 saturated heterocycles. The number of rotatable bonds is 17. The predicted molar refractivity (Wildman–Crippen MR) is 169 cm³/mol. The van der Waals surface area contributed by atoms with Crippen molar-refractivity contribution in [3.05, 3.63) is 89.5 Å². The van der Waals surface area contributed by atoms with E-state index in [-0.39, 0.29) is 12.0 Å². The van der Waals surface area contributed by atoms with E-state index in [2.05, 4.69) is 29.6 Å². The molecule has 0 radical (unpaired) electrons. The summed E-state index contributed by atoms with van der Waals surface area (Å²) in [6, 6.07) is 24.4. The van der Waals surface area contributed by atoms with Gasteiger partial charge in [-0.25, -0.2) is 0 Å². The van der Waals surface area contributed by atoms with E-state index in [9.17, 15) is 4.79 Å². The zero-order valence-electron chi connectivity index (χ0n) is 25.8. The molecule has 8 nitrogen and oxygen atoms in total. The molecule has 0 spiro atoms. The topological polar surface area (TPSA) is 78.5 Å². The third kappa shape index (κ3) is 10.1. The van der Waals surface area contributed by atoms with Crippen molar-refractivity contribution in [2.24, 2.45) is 0 Å². The number of para-hydroxylation sites is 1. The Balaban J connectivity index is 1.24. The number of amides is 1. The van der Waals surface area contributed by atoms with E-state index in [1.807, 2.05) is 48.5 Å². The van der Waals surface area contributed by atoms with Gasteiger partial charge in [-0.2, -0.15) is 0 Å². The van der Waals surface area contributed by atoms with Gasteiger partial charge in [-0.1, -0.05) is 42.5 Å². The van der Waals surface area contributed by atoms with Gasteiger partial charge in [0.15, 0.2) is 0 Å². The van der Waals surface area contributed by atoms with Gasteiger partial charge in [-0.3, -0.25) is 4.79 Å². The maximum Gasteiger partial charge on any atom is 0.223 e. The normalized spacial score (nSPS) is 16.5. The van der Waals surface area contributed by atoms with Crippen molar-refractivity contribution in [2.75, 3.05) is 58.6 Å². The second-order valence-corrected chi connectivity index (χ2v) is 10.8. The molecule has 0 aliphatic carbocycles. The SMILES string of the molecule is COCCCN(C(C)=O)c1cccc(COC2CNCCC2c2ccc(OCCCOCc3ccccc3OC)cc2)c1. The first-order valence-electron chi connectivity index (χ1n) is 15.2. The van der Waals surface area contributed by atoms with Gasteiger partial charge in [0.25, 0.3) is 0 Å². The summed E-state index contributed by atoms with van der Waals surface area (Å²) < 4.78 is 28.8. The lowest BCUT2D eigenvalue weighted by Gasteiger charge is -2.32. The highest BCUT2D eigenvalue weighted by Crippen LogP contribution is 2.30. The lowest BCUT2D eigenvalue weighted by Crippen LogP contribution is -2.41. The number of anilines is 1. The molecular weight excluding hydrogens is 544 g/mol. The Kier molecular flexibility index (Phi) is 13.3. The molecule has 0 bridgehead atoms. The fourth-order valence-electron chi connectivity index (χ4n) is 5.41. The number of hydrogen-bond acceptors (Lipinski definition) is 7. The average molecular weight is 591 g/mol. The first-order chi connectivity index (χ1) is 21.1. The maximum absolute atomic E-state index is 12.3. The number of piperidine rings is 1. The van der Waals surface area contributed by atoms with Gasteiger partial charge in [0.2, 0.25) is 5.91 Å². The number of carbonyl (C=O) groups excluding carboxylic acids is 1. The van der Waals surface area contributed by atoms with E-state index in [1.165, 1.54) is 5.56 Å². The van der Waals surface area contributed by atoms with Crippen LogP contribution in [0.4, 0.5) is 5.69 Å². The number of ether oxygens (including phenoxy) is 5. The molecule has 43 heavy (non-hydrogen) atoms. The number of hydrogen-bond donors (Lipinski definition) is 1. The minimum Gasteiger partial charge on any atom is -0.496 e. The molecule has 1 heterocycles. The van der Waals surface area contributed by atoms with Crippen molar-refractivity contribution in [3.63, 3.8) is 0 Å². The van der Waals surface area contributed by atoms with Crippen LogP contribution in [-0.2, 0) is 32.2 Å². The van der Waals surface area contributed by atoms with Crippen LogP contribution >= 0.6 is 0 Å². The van der Waals surface area contributed by atoms with Crippen LogP contribution in [-0.4, -0.2) is 65.7 Å². The van der Waals surface area contributed by atoms with E-state index in [4.69, 9.17) is 23.7 Å². The Bertz CT molecular complexity index is 1250. The second kappa shape index (κ2) is 17.6. The van der Waals surface area contributed by atoms with Crippen molar-refractivity contribution < 1.29 is 28.5 Å². The first kappa shape index (κ1) is 32.5. The summed E-state index contributed by atoms with van der Waals surface area (Å²) >= 11 is 0. The van der Waals surface area contributed by atoms with Crippen LogP contribution in [0.1, 0.15) is 48.8 Å². The van der Waals surface area contributed by atoms with E-state index in [0.717, 1.165) is 60.7 Å². The van der Waals surface area contributed by atoms with Gasteiger partial charge in [0.1, 0.15) is 11.5 Å². The van der Waals surface area contributed by atoms with Gasteiger partial charge in [-0.05, 0) is 60.8 Å². The Morgan fingerprint density at radius 3 is 2.56 bits per heavy atom. The molecule has 2 atom stereocenters. The molecule has 1 amide bonds. The van der Waals surface area contributed by atoms with E-state index >= 15 is 0 Å². The molecule has 232 valence electrons. The Hall–Kier alpha value is -3.43. The van der Waals surface area contributed by atoms with Crippen LogP contribution in [0.25, 0.3) is 0 Å². The van der Waals surface area contributed by atoms with Gasteiger partial charge in [-0.15, -0.1) is 0 Å². The van der Waals surface area contributed by atoms with E-state index in [1.54, 1.807) is 26.0 Å². The number of nitrogens with one attached hydrogen (secondary N) is 1. The summed E-state index contributed by atoms with van der Waals surface area (Å²) in [7, 11) is 3.35. The molecule has 8 heteroatoms. The highest BCUT2D eigenvalue weighted by Gasteiger charge is 2.27. The van der Waals surface area contributed by atoms with Crippen molar-refractivity contribution in [1.29, 1.82) is 0 Å². The third-order valence-corrected chi connectivity index (χ3v) is 7.68. The Labute approximate surface area is 256 Å². The molecule has 1 N–H and O–H groups in total. The van der Waals surface area contributed by atoms with Gasteiger partial charge in [0.05, 0.1) is 39.6 Å². The third-order valence-electron chi connectivity index (χ3n) is 7.68. The van der Waals surface area contributed by atoms with Crippen LogP contribution < -0.4 is 19.7 Å². The Morgan fingerprint density at radius 1 is 0.930 bits per heavy atom. The standard InChI is InChI=1S/C35H46N2O6/c1-27(38)37(19-7-20-39-2)31-11-6-9-28(23-31)25-43-35-24-36-18-17-33(35)29-13-15-32(16-14-29)42-22-8-21-41-26-30-10-4-5-12-34(30)40-3/h4-6,9-16,23,33,35-36H,7-8,17-22,24-26H2,1-3H3. The summed E-state index contributed by atoms with van der Waals surface area (Å²) in [5.74, 6) is 2.03. The number of nitrogens with zero attached hydrogens (tertiary/aromatic N) is 1. The van der Waals surface area contributed by atoms with Gasteiger partial charge in [0, 0.05) is 57.3 Å². The summed E-state index contributed by atoms with van der Waals surface area (Å²) in [6.07, 6.45) is 2.65. The van der Waals surface area contributed by atoms with Gasteiger partial charge >= 0.3 is 0 Å². The number of methoxy groups -OCH3 is 2. The summed E-state index contributed by atoms with van der Waals surface area (Å²) in [5, 5.41) is 3.48. The molecule has 3 aromatic rings. The molecule has 1 fully saturated rings. The molecule has 1 aliphatic rings. The maximum atomic E-state index is 12.3. The molecule has 3 aromatic carbocycles. The minimum absolute atomic E-state index is 0.0237. The zero-order valence-corrected chi connectivity index (χ0v) is 25.8. The summed E-state index contributed by atoms with van der Waals surface area (Å²) in [5.41, 5.74) is 4.24. The smallest absolute Gasteiger partial charge is 0.223 e. The zero-order chi connectivity index (χ0) is 30.3. The molecule has 2 unspecified atom stereocenters. The molecule has 0 aromatic heterocycles. The summed E-state index contributed by atoms with van der Waals surface area (Å²) in [4.78, 5) is 14.1. The van der Waals surface area contributed by atoms with Crippen molar-refractivity contribution >= 4 is 11.6 Å². The number of carbonyl (C=O) groups is 1. The molecule has 4 rings (SSSR count). The van der Waals surface area contributed by atoms with E-state index < -0.39 is 0 Å². The van der Waals surface area contributed by atoms with Crippen LogP contribution in [0.15, 0.2) is 72.8 Å². The molecule has 0 saturated carbocycles. The fourth-order valence-corrected chi connectivity index (χ4v) is 5.41. The lowest BCUT2D eigenvalue weighted by molar-refractivity contribution is -0.116. The first-order valence-corrected chi connectivity index (χ1v) is 15.2. The van der Waals surface area contributed by atoms with Crippen LogP contribution in [0, 0.1) is 0 Å².